The second kappa shape index (κ2) is 5.37. The lowest BCUT2D eigenvalue weighted by Crippen LogP contribution is -2.08. The number of aryl methyl sites for hydroxylation is 1. The van der Waals surface area contributed by atoms with E-state index in [1.165, 1.54) is 0 Å². The molecular weight excluding hydrogens is 315 g/mol. The van der Waals surface area contributed by atoms with Crippen molar-refractivity contribution in [2.24, 2.45) is 0 Å². The molecule has 0 spiro atoms. The van der Waals surface area contributed by atoms with Gasteiger partial charge in [-0.25, -0.2) is 9.78 Å². The number of aromatic carboxylic acids is 1. The maximum absolute atomic E-state index is 12.3. The number of aromatic nitrogens is 3. The van der Waals surface area contributed by atoms with E-state index in [1.807, 2.05) is 0 Å². The molecule has 0 saturated heterocycles. The number of rotatable bonds is 3. The minimum Gasteiger partial charge on any atom is -0.477 e. The van der Waals surface area contributed by atoms with Crippen LogP contribution >= 0.6 is 23.1 Å². The van der Waals surface area contributed by atoms with Crippen molar-refractivity contribution in [3.05, 3.63) is 28.4 Å². The van der Waals surface area contributed by atoms with Crippen molar-refractivity contribution in [1.82, 2.24) is 15.2 Å². The molecule has 1 N–H and O–H groups in total. The molecule has 0 radical (unpaired) electrons. The van der Waals surface area contributed by atoms with E-state index in [-0.39, 0.29) is 9.90 Å². The number of carboxylic acids is 1. The van der Waals surface area contributed by atoms with Crippen LogP contribution in [0.2, 0.25) is 0 Å². The second-order valence-corrected chi connectivity index (χ2v) is 5.82. The average Bonchev–Trinajstić information content (AvgIpc) is 2.70. The Kier molecular flexibility index (Phi) is 3.95. The Hall–Kier alpha value is -1.68. The Morgan fingerprint density at radius 2 is 2.05 bits per heavy atom. The lowest BCUT2D eigenvalue weighted by Gasteiger charge is -2.04. The van der Waals surface area contributed by atoms with Crippen LogP contribution in [-0.2, 0) is 6.18 Å². The third-order valence-corrected chi connectivity index (χ3v) is 4.23. The van der Waals surface area contributed by atoms with Crippen molar-refractivity contribution in [2.75, 3.05) is 0 Å². The van der Waals surface area contributed by atoms with E-state index < -0.39 is 17.8 Å². The average molecular weight is 321 g/mol. The van der Waals surface area contributed by atoms with Crippen LogP contribution in [0, 0.1) is 6.92 Å². The van der Waals surface area contributed by atoms with E-state index in [9.17, 15) is 18.0 Å². The van der Waals surface area contributed by atoms with Gasteiger partial charge in [0.1, 0.15) is 9.90 Å². The second-order valence-electron chi connectivity index (χ2n) is 3.56. The van der Waals surface area contributed by atoms with Crippen molar-refractivity contribution in [2.45, 2.75) is 22.5 Å². The first-order chi connectivity index (χ1) is 9.27. The summed E-state index contributed by atoms with van der Waals surface area (Å²) in [6.45, 7) is 1.54. The quantitative estimate of drug-likeness (QED) is 0.936. The molecule has 0 atom stereocenters. The molecule has 0 aliphatic rings. The predicted molar refractivity (Wildman–Crippen MR) is 65.0 cm³/mol. The van der Waals surface area contributed by atoms with Gasteiger partial charge in [-0.05, 0) is 30.8 Å². The van der Waals surface area contributed by atoms with Gasteiger partial charge in [-0.3, -0.25) is 0 Å². The van der Waals surface area contributed by atoms with E-state index in [1.54, 1.807) is 6.92 Å². The normalized spacial score (nSPS) is 11.6. The molecule has 0 aliphatic carbocycles. The maximum Gasteiger partial charge on any atom is 0.435 e. The fourth-order valence-electron chi connectivity index (χ4n) is 1.23. The van der Waals surface area contributed by atoms with E-state index in [0.29, 0.717) is 10.0 Å². The summed E-state index contributed by atoms with van der Waals surface area (Å²) in [5.41, 5.74) is -0.728. The van der Waals surface area contributed by atoms with Gasteiger partial charge in [0.25, 0.3) is 0 Å². The Labute approximate surface area is 118 Å². The smallest absolute Gasteiger partial charge is 0.435 e. The number of hydrogen-bond donors (Lipinski definition) is 1. The fraction of sp³-hybridized carbons (Fsp3) is 0.200. The summed E-state index contributed by atoms with van der Waals surface area (Å²) in [5.74, 6) is -1.09. The Bertz CT molecular complexity index is 640. The van der Waals surface area contributed by atoms with Crippen LogP contribution in [0.15, 0.2) is 21.5 Å². The zero-order valence-electron chi connectivity index (χ0n) is 9.80. The number of hydrogen-bond acceptors (Lipinski definition) is 6. The summed E-state index contributed by atoms with van der Waals surface area (Å²) in [6, 6.07) is 1.98. The fourth-order valence-corrected chi connectivity index (χ4v) is 3.12. The zero-order valence-corrected chi connectivity index (χ0v) is 11.4. The maximum atomic E-state index is 12.3. The molecule has 0 bridgehead atoms. The van der Waals surface area contributed by atoms with Crippen LogP contribution in [-0.4, -0.2) is 26.3 Å². The monoisotopic (exact) mass is 321 g/mol. The number of alkyl halides is 3. The highest BCUT2D eigenvalue weighted by molar-refractivity contribution is 8.01. The highest BCUT2D eigenvalue weighted by atomic mass is 32.2. The van der Waals surface area contributed by atoms with Gasteiger partial charge in [0.2, 0.25) is 0 Å². The van der Waals surface area contributed by atoms with Gasteiger partial charge in [0, 0.05) is 0 Å². The van der Waals surface area contributed by atoms with Gasteiger partial charge in [0.15, 0.2) is 10.0 Å². The molecule has 0 saturated carbocycles. The number of carbonyl (C=O) groups is 1. The molecule has 0 fully saturated rings. The van der Waals surface area contributed by atoms with Crippen molar-refractivity contribution < 1.29 is 23.1 Å². The summed E-state index contributed by atoms with van der Waals surface area (Å²) < 4.78 is 37.3. The summed E-state index contributed by atoms with van der Waals surface area (Å²) in [6.07, 6.45) is -4.54. The molecular formula is C10H6F3N3O2S2. The van der Waals surface area contributed by atoms with Crippen LogP contribution in [0.3, 0.4) is 0 Å². The van der Waals surface area contributed by atoms with Crippen molar-refractivity contribution >= 4 is 29.1 Å². The Balaban J connectivity index is 2.18. The van der Waals surface area contributed by atoms with Crippen LogP contribution in [0.5, 0.6) is 0 Å². The number of thiazole rings is 1. The molecule has 5 nitrogen and oxygen atoms in total. The molecule has 10 heteroatoms. The van der Waals surface area contributed by atoms with Crippen LogP contribution in [0.25, 0.3) is 0 Å². The third-order valence-electron chi connectivity index (χ3n) is 2.09. The number of carboxylic acid groups (broad SMARTS) is 1. The van der Waals surface area contributed by atoms with Crippen molar-refractivity contribution in [3.63, 3.8) is 0 Å². The van der Waals surface area contributed by atoms with Gasteiger partial charge < -0.3 is 5.11 Å². The van der Waals surface area contributed by atoms with Crippen LogP contribution < -0.4 is 0 Å². The molecule has 0 aliphatic heterocycles. The van der Waals surface area contributed by atoms with Gasteiger partial charge in [-0.15, -0.1) is 10.2 Å². The minimum atomic E-state index is -4.54. The van der Waals surface area contributed by atoms with Gasteiger partial charge >= 0.3 is 12.1 Å². The molecule has 2 aromatic rings. The van der Waals surface area contributed by atoms with Gasteiger partial charge in [-0.2, -0.15) is 13.2 Å². The lowest BCUT2D eigenvalue weighted by atomic mass is 10.4. The Morgan fingerprint density at radius 1 is 1.35 bits per heavy atom. The standard InChI is InChI=1S/C10H6F3N3O2S2/c1-4-7(8(17)18)20-9(14-4)19-6-3-2-5(15-16-6)10(11,12)13/h2-3H,1H3,(H,17,18). The van der Waals surface area contributed by atoms with Gasteiger partial charge in [-0.1, -0.05) is 11.3 Å². The molecule has 106 valence electrons. The molecule has 0 unspecified atom stereocenters. The highest BCUT2D eigenvalue weighted by Gasteiger charge is 2.32. The van der Waals surface area contributed by atoms with E-state index in [0.717, 1.165) is 35.2 Å². The molecule has 2 rings (SSSR count). The first-order valence-corrected chi connectivity index (χ1v) is 6.70. The largest absolute Gasteiger partial charge is 0.477 e. The summed E-state index contributed by atoms with van der Waals surface area (Å²) in [7, 11) is 0. The molecule has 2 heterocycles. The predicted octanol–water partition coefficient (Wildman–Crippen LogP) is 3.11. The van der Waals surface area contributed by atoms with Crippen molar-refractivity contribution in [1.29, 1.82) is 0 Å². The molecule has 0 amide bonds. The minimum absolute atomic E-state index is 0.0902. The van der Waals surface area contributed by atoms with Crippen LogP contribution in [0.4, 0.5) is 13.2 Å². The van der Waals surface area contributed by atoms with Crippen molar-refractivity contribution in [3.8, 4) is 0 Å². The van der Waals surface area contributed by atoms with E-state index in [2.05, 4.69) is 15.2 Å². The highest BCUT2D eigenvalue weighted by Crippen LogP contribution is 2.33. The summed E-state index contributed by atoms with van der Waals surface area (Å²) >= 11 is 1.90. The Morgan fingerprint density at radius 3 is 2.50 bits per heavy atom. The van der Waals surface area contributed by atoms with Crippen LogP contribution in [0.1, 0.15) is 21.1 Å². The topological polar surface area (TPSA) is 76.0 Å². The zero-order chi connectivity index (χ0) is 14.9. The SMILES string of the molecule is Cc1nc(Sc2ccc(C(F)(F)F)nn2)sc1C(=O)O. The lowest BCUT2D eigenvalue weighted by molar-refractivity contribution is -0.141. The molecule has 0 aromatic carbocycles. The first kappa shape index (κ1) is 14.7. The third kappa shape index (κ3) is 3.25. The molecule has 2 aromatic heterocycles. The van der Waals surface area contributed by atoms with E-state index >= 15 is 0 Å². The number of nitrogens with zero attached hydrogens (tertiary/aromatic N) is 3. The van der Waals surface area contributed by atoms with E-state index in [4.69, 9.17) is 5.11 Å². The molecule has 20 heavy (non-hydrogen) atoms. The first-order valence-electron chi connectivity index (χ1n) is 5.07. The summed E-state index contributed by atoms with van der Waals surface area (Å²) in [5, 5.41) is 15.6. The van der Waals surface area contributed by atoms with Gasteiger partial charge in [0.05, 0.1) is 5.69 Å². The number of halogens is 3. The summed E-state index contributed by atoms with van der Waals surface area (Å²) in [4.78, 5) is 14.9.